The standard InChI is InChI=1S/C23H30O3Si/c1-18(24)25-19-15-16-20(17-19)26-27(23(2,3)4,21-11-7-5-8-12-21)22-13-9-6-10-14-22/h5-14,19-20H,15-17H2,1-4H3/t19-,20+/m1/s1. The molecule has 144 valence electrons. The zero-order chi connectivity index (χ0) is 19.5. The van der Waals surface area contributed by atoms with Gasteiger partial charge in [0.25, 0.3) is 8.32 Å². The predicted molar refractivity (Wildman–Crippen MR) is 112 cm³/mol. The minimum atomic E-state index is -2.52. The highest BCUT2D eigenvalue weighted by atomic mass is 28.4. The summed E-state index contributed by atoms with van der Waals surface area (Å²) in [7, 11) is -2.52. The number of carbonyl (C=O) groups is 1. The molecule has 0 N–H and O–H groups in total. The lowest BCUT2D eigenvalue weighted by Crippen LogP contribution is -2.67. The Morgan fingerprint density at radius 2 is 1.37 bits per heavy atom. The van der Waals surface area contributed by atoms with Crippen LogP contribution in [0.2, 0.25) is 5.04 Å². The van der Waals surface area contributed by atoms with Gasteiger partial charge in [-0.05, 0) is 28.3 Å². The number of benzene rings is 2. The Morgan fingerprint density at radius 3 is 1.81 bits per heavy atom. The molecule has 1 fully saturated rings. The van der Waals surface area contributed by atoms with E-state index in [1.165, 1.54) is 17.3 Å². The molecular formula is C23H30O3Si. The van der Waals surface area contributed by atoms with Crippen LogP contribution in [0.25, 0.3) is 0 Å². The Kier molecular flexibility index (Phi) is 5.87. The van der Waals surface area contributed by atoms with E-state index in [0.717, 1.165) is 19.3 Å². The minimum absolute atomic E-state index is 0.0225. The maximum absolute atomic E-state index is 11.3. The number of hydrogen-bond donors (Lipinski definition) is 0. The summed E-state index contributed by atoms with van der Waals surface area (Å²) in [5, 5.41) is 2.55. The first-order valence-electron chi connectivity index (χ1n) is 9.79. The fourth-order valence-corrected chi connectivity index (χ4v) is 9.02. The average molecular weight is 383 g/mol. The second-order valence-corrected chi connectivity index (χ2v) is 12.7. The number of carbonyl (C=O) groups excluding carboxylic acids is 1. The lowest BCUT2D eigenvalue weighted by atomic mass is 10.2. The van der Waals surface area contributed by atoms with Gasteiger partial charge in [0, 0.05) is 19.4 Å². The maximum atomic E-state index is 11.3. The molecule has 2 aromatic carbocycles. The summed E-state index contributed by atoms with van der Waals surface area (Å²) in [6, 6.07) is 21.4. The first-order chi connectivity index (χ1) is 12.8. The highest BCUT2D eigenvalue weighted by Crippen LogP contribution is 2.39. The van der Waals surface area contributed by atoms with E-state index in [1.807, 2.05) is 0 Å². The van der Waals surface area contributed by atoms with Crippen molar-refractivity contribution in [2.45, 2.75) is 64.2 Å². The minimum Gasteiger partial charge on any atom is -0.462 e. The van der Waals surface area contributed by atoms with Crippen molar-refractivity contribution in [3.05, 3.63) is 60.7 Å². The topological polar surface area (TPSA) is 35.5 Å². The third-order valence-corrected chi connectivity index (χ3v) is 10.5. The quantitative estimate of drug-likeness (QED) is 0.578. The predicted octanol–water partition coefficient (Wildman–Crippen LogP) is 4.05. The summed E-state index contributed by atoms with van der Waals surface area (Å²) in [5.74, 6) is -0.203. The Hall–Kier alpha value is -1.91. The molecule has 0 aliphatic heterocycles. The average Bonchev–Trinajstić information content (AvgIpc) is 3.06. The van der Waals surface area contributed by atoms with Crippen LogP contribution in [-0.2, 0) is 14.0 Å². The van der Waals surface area contributed by atoms with E-state index in [1.54, 1.807) is 0 Å². The Morgan fingerprint density at radius 1 is 0.889 bits per heavy atom. The fourth-order valence-electron chi connectivity index (χ4n) is 4.29. The molecule has 3 rings (SSSR count). The summed E-state index contributed by atoms with van der Waals surface area (Å²) < 4.78 is 12.5. The Bertz CT molecular complexity index is 713. The van der Waals surface area contributed by atoms with Crippen LogP contribution in [0, 0.1) is 0 Å². The normalized spacial score (nSPS) is 20.4. The number of ether oxygens (including phenoxy) is 1. The number of rotatable bonds is 5. The van der Waals surface area contributed by atoms with Gasteiger partial charge < -0.3 is 9.16 Å². The van der Waals surface area contributed by atoms with Gasteiger partial charge in [-0.25, -0.2) is 0 Å². The van der Waals surface area contributed by atoms with Gasteiger partial charge in [0.1, 0.15) is 6.10 Å². The second kappa shape index (κ2) is 7.99. The van der Waals surface area contributed by atoms with Crippen molar-refractivity contribution in [2.24, 2.45) is 0 Å². The number of hydrogen-bond acceptors (Lipinski definition) is 3. The molecule has 4 heteroatoms. The van der Waals surface area contributed by atoms with E-state index in [0.29, 0.717) is 0 Å². The highest BCUT2D eigenvalue weighted by molar-refractivity contribution is 6.99. The summed E-state index contributed by atoms with van der Waals surface area (Å²) >= 11 is 0. The van der Waals surface area contributed by atoms with Crippen molar-refractivity contribution in [1.29, 1.82) is 0 Å². The van der Waals surface area contributed by atoms with Crippen molar-refractivity contribution in [2.75, 3.05) is 0 Å². The molecule has 1 saturated carbocycles. The van der Waals surface area contributed by atoms with Gasteiger partial charge in [-0.15, -0.1) is 0 Å². The van der Waals surface area contributed by atoms with E-state index in [2.05, 4.69) is 81.4 Å². The summed E-state index contributed by atoms with van der Waals surface area (Å²) in [4.78, 5) is 11.3. The molecule has 0 radical (unpaired) electrons. The fraction of sp³-hybridized carbons (Fsp3) is 0.435. The zero-order valence-electron chi connectivity index (χ0n) is 16.8. The Balaban J connectivity index is 2.01. The zero-order valence-corrected chi connectivity index (χ0v) is 17.8. The van der Waals surface area contributed by atoms with Crippen LogP contribution in [0.3, 0.4) is 0 Å². The van der Waals surface area contributed by atoms with Gasteiger partial charge in [-0.2, -0.15) is 0 Å². The third kappa shape index (κ3) is 4.17. The van der Waals surface area contributed by atoms with E-state index in [-0.39, 0.29) is 23.2 Å². The van der Waals surface area contributed by atoms with E-state index >= 15 is 0 Å². The van der Waals surface area contributed by atoms with Gasteiger partial charge in [-0.1, -0.05) is 81.4 Å². The molecule has 0 bridgehead atoms. The monoisotopic (exact) mass is 382 g/mol. The molecule has 0 spiro atoms. The smallest absolute Gasteiger partial charge is 0.302 e. The first kappa shape index (κ1) is 19.8. The largest absolute Gasteiger partial charge is 0.462 e. The molecule has 3 nitrogen and oxygen atoms in total. The van der Waals surface area contributed by atoms with E-state index < -0.39 is 8.32 Å². The van der Waals surface area contributed by atoms with Crippen LogP contribution in [0.15, 0.2) is 60.7 Å². The Labute approximate surface area is 163 Å². The molecule has 1 aliphatic carbocycles. The highest BCUT2D eigenvalue weighted by Gasteiger charge is 2.52. The third-order valence-electron chi connectivity index (χ3n) is 5.43. The van der Waals surface area contributed by atoms with E-state index in [9.17, 15) is 4.79 Å². The van der Waals surface area contributed by atoms with Crippen molar-refractivity contribution in [3.8, 4) is 0 Å². The summed E-state index contributed by atoms with van der Waals surface area (Å²) in [6.07, 6.45) is 2.68. The molecule has 0 heterocycles. The molecule has 0 saturated heterocycles. The van der Waals surface area contributed by atoms with Gasteiger partial charge in [0.2, 0.25) is 0 Å². The molecule has 27 heavy (non-hydrogen) atoms. The lowest BCUT2D eigenvalue weighted by Gasteiger charge is -2.44. The second-order valence-electron chi connectivity index (χ2n) is 8.45. The molecular weight excluding hydrogens is 352 g/mol. The van der Waals surface area contributed by atoms with Crippen LogP contribution >= 0.6 is 0 Å². The van der Waals surface area contributed by atoms with Crippen LogP contribution < -0.4 is 10.4 Å². The maximum Gasteiger partial charge on any atom is 0.302 e. The van der Waals surface area contributed by atoms with Gasteiger partial charge in [0.05, 0.1) is 0 Å². The van der Waals surface area contributed by atoms with Crippen LogP contribution in [-0.4, -0.2) is 26.5 Å². The van der Waals surface area contributed by atoms with Crippen LogP contribution in [0.4, 0.5) is 0 Å². The van der Waals surface area contributed by atoms with Gasteiger partial charge >= 0.3 is 5.97 Å². The molecule has 2 atom stereocenters. The van der Waals surface area contributed by atoms with Crippen LogP contribution in [0.5, 0.6) is 0 Å². The SMILES string of the molecule is CC(=O)O[C@@H]1CC[C@H](O[Si](c2ccccc2)(c2ccccc2)C(C)(C)C)C1. The molecule has 0 aromatic heterocycles. The lowest BCUT2D eigenvalue weighted by molar-refractivity contribution is -0.146. The molecule has 2 aromatic rings. The number of esters is 1. The summed E-state index contributed by atoms with van der Waals surface area (Å²) in [6.45, 7) is 8.35. The van der Waals surface area contributed by atoms with Gasteiger partial charge in [0.15, 0.2) is 0 Å². The molecule has 0 amide bonds. The van der Waals surface area contributed by atoms with Crippen LogP contribution in [0.1, 0.15) is 47.0 Å². The van der Waals surface area contributed by atoms with E-state index in [4.69, 9.17) is 9.16 Å². The first-order valence-corrected chi connectivity index (χ1v) is 11.7. The van der Waals surface area contributed by atoms with Gasteiger partial charge in [-0.3, -0.25) is 4.79 Å². The van der Waals surface area contributed by atoms with Crippen molar-refractivity contribution in [3.63, 3.8) is 0 Å². The molecule has 0 unspecified atom stereocenters. The molecule has 1 aliphatic rings. The van der Waals surface area contributed by atoms with Crippen molar-refractivity contribution in [1.82, 2.24) is 0 Å². The summed E-state index contributed by atoms with van der Waals surface area (Å²) in [5.41, 5.74) is 0. The van der Waals surface area contributed by atoms with Crippen molar-refractivity contribution < 1.29 is 14.0 Å². The van der Waals surface area contributed by atoms with Crippen molar-refractivity contribution >= 4 is 24.7 Å².